The number of nitrogens with zero attached hydrogens (tertiary/aromatic N) is 1. The Morgan fingerprint density at radius 1 is 1.32 bits per heavy atom. The zero-order valence-electron chi connectivity index (χ0n) is 11.6. The van der Waals surface area contributed by atoms with E-state index in [9.17, 15) is 0 Å². The number of aliphatic hydroxyl groups excluding tert-OH is 1. The lowest BCUT2D eigenvalue weighted by Gasteiger charge is -2.31. The molecule has 19 heavy (non-hydrogen) atoms. The lowest BCUT2D eigenvalue weighted by molar-refractivity contribution is 0.0965. The number of aliphatic hydroxyl groups is 1. The maximum Gasteiger partial charge on any atom is 0.119 e. The van der Waals surface area contributed by atoms with E-state index in [0.29, 0.717) is 19.8 Å². The van der Waals surface area contributed by atoms with E-state index in [1.807, 2.05) is 13.0 Å². The van der Waals surface area contributed by atoms with Crippen molar-refractivity contribution in [2.45, 2.75) is 19.8 Å². The first-order chi connectivity index (χ1) is 9.35. The van der Waals surface area contributed by atoms with Gasteiger partial charge in [-0.2, -0.15) is 0 Å². The first kappa shape index (κ1) is 14.2. The molecule has 0 spiro atoms. The van der Waals surface area contributed by atoms with Crippen LogP contribution in [0.2, 0.25) is 0 Å². The van der Waals surface area contributed by atoms with Gasteiger partial charge in [-0.05, 0) is 43.5 Å². The van der Waals surface area contributed by atoms with Gasteiger partial charge in [0.25, 0.3) is 0 Å². The van der Waals surface area contributed by atoms with Crippen molar-refractivity contribution in [1.29, 1.82) is 0 Å². The number of anilines is 1. The van der Waals surface area contributed by atoms with Crippen molar-refractivity contribution >= 4 is 5.69 Å². The van der Waals surface area contributed by atoms with Crippen molar-refractivity contribution < 1.29 is 14.6 Å². The maximum absolute atomic E-state index is 8.69. The Bertz CT molecular complexity index is 395. The molecule has 4 nitrogen and oxygen atoms in total. The van der Waals surface area contributed by atoms with Gasteiger partial charge in [-0.15, -0.1) is 0 Å². The third-order valence-electron chi connectivity index (χ3n) is 3.32. The van der Waals surface area contributed by atoms with Crippen LogP contribution in [0.4, 0.5) is 5.69 Å². The molecule has 1 N–H and O–H groups in total. The molecule has 0 unspecified atom stereocenters. The summed E-state index contributed by atoms with van der Waals surface area (Å²) in [5.74, 6) is 0.958. The number of ether oxygens (including phenoxy) is 2. The third-order valence-corrected chi connectivity index (χ3v) is 3.32. The third kappa shape index (κ3) is 3.85. The van der Waals surface area contributed by atoms with Crippen LogP contribution in [0.5, 0.6) is 5.75 Å². The molecule has 0 radical (unpaired) electrons. The largest absolute Gasteiger partial charge is 0.494 e. The Balaban J connectivity index is 1.98. The van der Waals surface area contributed by atoms with E-state index in [1.165, 1.54) is 17.7 Å². The van der Waals surface area contributed by atoms with Crippen molar-refractivity contribution in [2.24, 2.45) is 0 Å². The molecule has 1 aliphatic rings. The van der Waals surface area contributed by atoms with Crippen molar-refractivity contribution in [3.05, 3.63) is 23.8 Å². The molecule has 1 aromatic carbocycles. The van der Waals surface area contributed by atoms with E-state index in [2.05, 4.69) is 17.0 Å². The average molecular weight is 265 g/mol. The average Bonchev–Trinajstić information content (AvgIpc) is 2.44. The molecule has 0 aliphatic carbocycles. The summed E-state index contributed by atoms with van der Waals surface area (Å²) in [5.41, 5.74) is 2.65. The van der Waals surface area contributed by atoms with Crippen LogP contribution in [0.25, 0.3) is 0 Å². The monoisotopic (exact) mass is 265 g/mol. The van der Waals surface area contributed by atoms with Gasteiger partial charge >= 0.3 is 0 Å². The Morgan fingerprint density at radius 2 is 2.21 bits per heavy atom. The van der Waals surface area contributed by atoms with Crippen LogP contribution in [0, 0.1) is 0 Å². The highest BCUT2D eigenvalue weighted by atomic mass is 16.5. The molecule has 0 aromatic heterocycles. The summed E-state index contributed by atoms with van der Waals surface area (Å²) in [6.45, 7) is 5.83. The summed E-state index contributed by atoms with van der Waals surface area (Å²) in [4.78, 5) is 2.35. The summed E-state index contributed by atoms with van der Waals surface area (Å²) < 4.78 is 10.9. The molecule has 106 valence electrons. The van der Waals surface area contributed by atoms with E-state index < -0.39 is 0 Å². The number of fused-ring (bicyclic) bond motifs is 1. The van der Waals surface area contributed by atoms with E-state index in [1.54, 1.807) is 0 Å². The van der Waals surface area contributed by atoms with Gasteiger partial charge in [-0.25, -0.2) is 0 Å². The second kappa shape index (κ2) is 7.36. The second-order valence-electron chi connectivity index (χ2n) is 4.65. The minimum Gasteiger partial charge on any atom is -0.494 e. The van der Waals surface area contributed by atoms with Gasteiger partial charge in [0.1, 0.15) is 5.75 Å². The second-order valence-corrected chi connectivity index (χ2v) is 4.65. The van der Waals surface area contributed by atoms with Crippen LogP contribution in [-0.4, -0.2) is 44.6 Å². The molecule has 1 heterocycles. The molecular formula is C15H23NO3. The molecule has 0 fully saturated rings. The Morgan fingerprint density at radius 3 is 3.00 bits per heavy atom. The van der Waals surface area contributed by atoms with Gasteiger partial charge in [-0.3, -0.25) is 0 Å². The van der Waals surface area contributed by atoms with Crippen LogP contribution in [0.3, 0.4) is 0 Å². The molecule has 2 rings (SSSR count). The lowest BCUT2D eigenvalue weighted by Crippen LogP contribution is -2.32. The Kier molecular flexibility index (Phi) is 5.48. The first-order valence-corrected chi connectivity index (χ1v) is 7.04. The number of rotatable bonds is 7. The zero-order chi connectivity index (χ0) is 13.5. The summed E-state index contributed by atoms with van der Waals surface area (Å²) >= 11 is 0. The van der Waals surface area contributed by atoms with Crippen LogP contribution >= 0.6 is 0 Å². The normalized spacial score (nSPS) is 14.3. The van der Waals surface area contributed by atoms with E-state index in [-0.39, 0.29) is 6.61 Å². The Hall–Kier alpha value is -1.26. The van der Waals surface area contributed by atoms with Crippen molar-refractivity contribution in [3.63, 3.8) is 0 Å². The number of benzene rings is 1. The van der Waals surface area contributed by atoms with Gasteiger partial charge in [0.15, 0.2) is 0 Å². The molecule has 0 saturated carbocycles. The van der Waals surface area contributed by atoms with E-state index in [4.69, 9.17) is 14.6 Å². The molecule has 1 aromatic rings. The van der Waals surface area contributed by atoms with Gasteiger partial charge in [0.05, 0.1) is 26.4 Å². The van der Waals surface area contributed by atoms with E-state index in [0.717, 1.165) is 25.3 Å². The summed E-state index contributed by atoms with van der Waals surface area (Å²) in [6.07, 6.45) is 2.28. The lowest BCUT2D eigenvalue weighted by atomic mass is 10.0. The fraction of sp³-hybridized carbons (Fsp3) is 0.600. The van der Waals surface area contributed by atoms with Crippen molar-refractivity contribution in [2.75, 3.05) is 44.4 Å². The smallest absolute Gasteiger partial charge is 0.119 e. The topological polar surface area (TPSA) is 41.9 Å². The summed E-state index contributed by atoms with van der Waals surface area (Å²) in [7, 11) is 0. The molecule has 0 saturated heterocycles. The van der Waals surface area contributed by atoms with Crippen LogP contribution in [-0.2, 0) is 11.2 Å². The standard InChI is InChI=1S/C15H23NO3/c1-2-19-14-5-6-15-13(12-14)4-3-7-16(15)8-10-18-11-9-17/h5-6,12,17H,2-4,7-11H2,1H3. The van der Waals surface area contributed by atoms with E-state index >= 15 is 0 Å². The molecule has 0 atom stereocenters. The highest BCUT2D eigenvalue weighted by Crippen LogP contribution is 2.30. The predicted octanol–water partition coefficient (Wildman–Crippen LogP) is 1.85. The van der Waals surface area contributed by atoms with Gasteiger partial charge in [0.2, 0.25) is 0 Å². The number of aryl methyl sites for hydroxylation is 1. The van der Waals surface area contributed by atoms with Crippen molar-refractivity contribution in [3.8, 4) is 5.75 Å². The minimum atomic E-state index is 0.0916. The molecule has 0 bridgehead atoms. The fourth-order valence-corrected chi connectivity index (χ4v) is 2.48. The predicted molar refractivity (Wildman–Crippen MR) is 76.0 cm³/mol. The fourth-order valence-electron chi connectivity index (χ4n) is 2.48. The SMILES string of the molecule is CCOc1ccc2c(c1)CCCN2CCOCCO. The summed E-state index contributed by atoms with van der Waals surface area (Å²) in [5, 5.41) is 8.69. The van der Waals surface area contributed by atoms with Crippen LogP contribution < -0.4 is 9.64 Å². The molecular weight excluding hydrogens is 242 g/mol. The van der Waals surface area contributed by atoms with Crippen LogP contribution in [0.15, 0.2) is 18.2 Å². The summed E-state index contributed by atoms with van der Waals surface area (Å²) in [6, 6.07) is 6.33. The quantitative estimate of drug-likeness (QED) is 0.764. The maximum atomic E-state index is 8.69. The first-order valence-electron chi connectivity index (χ1n) is 7.04. The highest BCUT2D eigenvalue weighted by Gasteiger charge is 2.17. The molecule has 0 amide bonds. The minimum absolute atomic E-state index is 0.0916. The van der Waals surface area contributed by atoms with Crippen LogP contribution in [0.1, 0.15) is 18.9 Å². The van der Waals surface area contributed by atoms with Gasteiger partial charge in [-0.1, -0.05) is 0 Å². The van der Waals surface area contributed by atoms with Crippen molar-refractivity contribution in [1.82, 2.24) is 0 Å². The van der Waals surface area contributed by atoms with Gasteiger partial charge < -0.3 is 19.5 Å². The zero-order valence-corrected chi connectivity index (χ0v) is 11.6. The molecule has 4 heteroatoms. The number of hydrogen-bond donors (Lipinski definition) is 1. The highest BCUT2D eigenvalue weighted by molar-refractivity contribution is 5.58. The molecule has 1 aliphatic heterocycles. The van der Waals surface area contributed by atoms with Gasteiger partial charge in [0, 0.05) is 18.8 Å². The Labute approximate surface area is 114 Å². The number of hydrogen-bond acceptors (Lipinski definition) is 4.